The zero-order chi connectivity index (χ0) is 18.0. The zero-order valence-electron chi connectivity index (χ0n) is 14.7. The molecule has 25 heavy (non-hydrogen) atoms. The van der Waals surface area contributed by atoms with Crippen molar-refractivity contribution in [3.05, 3.63) is 53.9 Å². The lowest BCUT2D eigenvalue weighted by Gasteiger charge is -2.15. The lowest BCUT2D eigenvalue weighted by Crippen LogP contribution is -2.31. The first-order chi connectivity index (χ1) is 11.9. The Morgan fingerprint density at radius 2 is 2.00 bits per heavy atom. The molecule has 0 spiro atoms. The van der Waals surface area contributed by atoms with Crippen LogP contribution in [0.3, 0.4) is 0 Å². The fraction of sp³-hybridized carbons (Fsp3) is 0.294. The second-order valence-electron chi connectivity index (χ2n) is 5.90. The highest BCUT2D eigenvalue weighted by Gasteiger charge is 2.14. The number of aromatic nitrogens is 5. The first kappa shape index (κ1) is 16.7. The van der Waals surface area contributed by atoms with E-state index in [4.69, 9.17) is 0 Å². The van der Waals surface area contributed by atoms with E-state index in [0.29, 0.717) is 11.5 Å². The van der Waals surface area contributed by atoms with Crippen molar-refractivity contribution in [1.29, 1.82) is 0 Å². The van der Waals surface area contributed by atoms with Crippen LogP contribution in [0.25, 0.3) is 5.69 Å². The van der Waals surface area contributed by atoms with Crippen molar-refractivity contribution < 1.29 is 4.79 Å². The van der Waals surface area contributed by atoms with Gasteiger partial charge in [-0.2, -0.15) is 10.2 Å². The maximum atomic E-state index is 12.4. The second kappa shape index (κ2) is 6.76. The summed E-state index contributed by atoms with van der Waals surface area (Å²) in [7, 11) is 1.84. The Morgan fingerprint density at radius 1 is 1.24 bits per heavy atom. The van der Waals surface area contributed by atoms with Gasteiger partial charge in [-0.1, -0.05) is 12.1 Å². The third-order valence-corrected chi connectivity index (χ3v) is 3.83. The van der Waals surface area contributed by atoms with E-state index in [9.17, 15) is 4.79 Å². The minimum Gasteiger partial charge on any atom is -0.331 e. The van der Waals surface area contributed by atoms with Gasteiger partial charge in [-0.3, -0.25) is 4.68 Å². The molecular weight excluding hydrogens is 318 g/mol. The third kappa shape index (κ3) is 3.68. The van der Waals surface area contributed by atoms with Crippen molar-refractivity contribution in [2.45, 2.75) is 26.8 Å². The predicted octanol–water partition coefficient (Wildman–Crippen LogP) is 2.50. The number of nitrogens with zero attached hydrogens (tertiary/aromatic N) is 5. The molecule has 3 rings (SSSR count). The van der Waals surface area contributed by atoms with Crippen molar-refractivity contribution in [3.8, 4) is 5.69 Å². The van der Waals surface area contributed by atoms with Gasteiger partial charge in [-0.15, -0.1) is 0 Å². The maximum absolute atomic E-state index is 12.4. The maximum Gasteiger partial charge on any atom is 0.319 e. The summed E-state index contributed by atoms with van der Waals surface area (Å²) >= 11 is 0. The Hall–Kier alpha value is -3.16. The first-order valence-corrected chi connectivity index (χ1v) is 8.00. The second-order valence-corrected chi connectivity index (χ2v) is 5.90. The molecule has 0 saturated carbocycles. The van der Waals surface area contributed by atoms with Crippen molar-refractivity contribution in [3.63, 3.8) is 0 Å². The summed E-state index contributed by atoms with van der Waals surface area (Å²) in [4.78, 5) is 16.7. The molecule has 1 unspecified atom stereocenters. The van der Waals surface area contributed by atoms with E-state index >= 15 is 0 Å². The van der Waals surface area contributed by atoms with Crippen LogP contribution < -0.4 is 10.6 Å². The topological polar surface area (TPSA) is 89.7 Å². The van der Waals surface area contributed by atoms with Gasteiger partial charge in [0, 0.05) is 18.8 Å². The van der Waals surface area contributed by atoms with Crippen molar-refractivity contribution in [1.82, 2.24) is 29.9 Å². The van der Waals surface area contributed by atoms with Gasteiger partial charge in [0.05, 0.1) is 23.6 Å². The average Bonchev–Trinajstić information content (AvgIpc) is 3.13. The van der Waals surface area contributed by atoms with Crippen LogP contribution in [0.2, 0.25) is 0 Å². The van der Waals surface area contributed by atoms with Gasteiger partial charge < -0.3 is 10.6 Å². The number of carbonyl (C=O) groups is 1. The number of hydrogen-bond acceptors (Lipinski definition) is 4. The van der Waals surface area contributed by atoms with E-state index in [1.54, 1.807) is 15.6 Å². The number of benzene rings is 1. The highest BCUT2D eigenvalue weighted by Crippen LogP contribution is 2.21. The SMILES string of the molecule is Cc1nc(C)n(-c2ccccc2NC(=O)NC(C)c2cnn(C)c2)n1. The van der Waals surface area contributed by atoms with Gasteiger partial charge in [-0.05, 0) is 32.9 Å². The zero-order valence-corrected chi connectivity index (χ0v) is 14.7. The molecule has 8 nitrogen and oxygen atoms in total. The van der Waals surface area contributed by atoms with Crippen LogP contribution in [0.15, 0.2) is 36.7 Å². The Balaban J connectivity index is 1.77. The molecule has 3 aromatic rings. The number of amides is 2. The van der Waals surface area contributed by atoms with Gasteiger partial charge >= 0.3 is 6.03 Å². The number of carbonyl (C=O) groups excluding carboxylic acids is 1. The number of hydrogen-bond donors (Lipinski definition) is 2. The number of rotatable bonds is 4. The molecule has 0 fully saturated rings. The van der Waals surface area contributed by atoms with E-state index in [-0.39, 0.29) is 12.1 Å². The third-order valence-electron chi connectivity index (χ3n) is 3.83. The van der Waals surface area contributed by atoms with Crippen LogP contribution >= 0.6 is 0 Å². The fourth-order valence-electron chi connectivity index (χ4n) is 2.62. The molecule has 0 aliphatic heterocycles. The number of para-hydroxylation sites is 2. The predicted molar refractivity (Wildman–Crippen MR) is 94.6 cm³/mol. The summed E-state index contributed by atoms with van der Waals surface area (Å²) in [6, 6.07) is 7.03. The molecule has 0 radical (unpaired) electrons. The van der Waals surface area contributed by atoms with Gasteiger partial charge in [0.2, 0.25) is 0 Å². The van der Waals surface area contributed by atoms with Crippen molar-refractivity contribution in [2.75, 3.05) is 5.32 Å². The van der Waals surface area contributed by atoms with Crippen LogP contribution in [0.5, 0.6) is 0 Å². The van der Waals surface area contributed by atoms with Crippen LogP contribution in [-0.4, -0.2) is 30.6 Å². The molecule has 130 valence electrons. The molecule has 2 aromatic heterocycles. The lowest BCUT2D eigenvalue weighted by molar-refractivity contribution is 0.249. The van der Waals surface area contributed by atoms with Crippen LogP contribution in [0.1, 0.15) is 30.2 Å². The van der Waals surface area contributed by atoms with Gasteiger partial charge in [-0.25, -0.2) is 14.5 Å². The minimum atomic E-state index is -0.293. The van der Waals surface area contributed by atoms with Crippen LogP contribution in [0, 0.1) is 13.8 Å². The summed E-state index contributed by atoms with van der Waals surface area (Å²) in [5, 5.41) is 14.3. The molecule has 8 heteroatoms. The molecule has 2 amide bonds. The summed E-state index contributed by atoms with van der Waals surface area (Å²) in [6.45, 7) is 5.62. The first-order valence-electron chi connectivity index (χ1n) is 8.00. The molecule has 0 bridgehead atoms. The molecule has 2 N–H and O–H groups in total. The summed E-state index contributed by atoms with van der Waals surface area (Å²) in [5.41, 5.74) is 2.37. The van der Waals surface area contributed by atoms with Crippen molar-refractivity contribution >= 4 is 11.7 Å². The van der Waals surface area contributed by atoms with Crippen LogP contribution in [0.4, 0.5) is 10.5 Å². The highest BCUT2D eigenvalue weighted by atomic mass is 16.2. The minimum absolute atomic E-state index is 0.156. The fourth-order valence-corrected chi connectivity index (χ4v) is 2.62. The Labute approximate surface area is 145 Å². The lowest BCUT2D eigenvalue weighted by atomic mass is 10.2. The summed E-state index contributed by atoms with van der Waals surface area (Å²) in [6.07, 6.45) is 3.61. The van der Waals surface area contributed by atoms with Crippen molar-refractivity contribution in [2.24, 2.45) is 7.05 Å². The molecule has 0 saturated heterocycles. The number of nitrogens with one attached hydrogen (secondary N) is 2. The Morgan fingerprint density at radius 3 is 2.64 bits per heavy atom. The summed E-state index contributed by atoms with van der Waals surface area (Å²) < 4.78 is 3.42. The number of anilines is 1. The molecule has 1 aromatic carbocycles. The van der Waals surface area contributed by atoms with Crippen LogP contribution in [-0.2, 0) is 7.05 Å². The Bertz CT molecular complexity index is 896. The molecule has 0 aliphatic carbocycles. The molecule has 2 heterocycles. The van der Waals surface area contributed by atoms with E-state index in [2.05, 4.69) is 25.8 Å². The van der Waals surface area contributed by atoms with Gasteiger partial charge in [0.1, 0.15) is 11.6 Å². The molecular formula is C17H21N7O. The largest absolute Gasteiger partial charge is 0.331 e. The standard InChI is InChI=1S/C17H21N7O/c1-11(14-9-18-23(4)10-14)19-17(25)21-15-7-5-6-8-16(15)24-13(3)20-12(2)22-24/h5-11H,1-4H3,(H2,19,21,25). The monoisotopic (exact) mass is 339 g/mol. The smallest absolute Gasteiger partial charge is 0.319 e. The quantitative estimate of drug-likeness (QED) is 0.764. The normalized spacial score (nSPS) is 12.0. The van der Waals surface area contributed by atoms with E-state index in [1.807, 2.05) is 58.3 Å². The summed E-state index contributed by atoms with van der Waals surface area (Å²) in [5.74, 6) is 1.44. The Kier molecular flexibility index (Phi) is 4.51. The van der Waals surface area contributed by atoms with Gasteiger partial charge in [0.15, 0.2) is 0 Å². The average molecular weight is 339 g/mol. The molecule has 1 atom stereocenters. The number of aryl methyl sites for hydroxylation is 3. The molecule has 0 aliphatic rings. The van der Waals surface area contributed by atoms with E-state index < -0.39 is 0 Å². The van der Waals surface area contributed by atoms with Gasteiger partial charge in [0.25, 0.3) is 0 Å². The van der Waals surface area contributed by atoms with E-state index in [0.717, 1.165) is 17.1 Å². The van der Waals surface area contributed by atoms with E-state index in [1.165, 1.54) is 0 Å². The number of urea groups is 1. The highest BCUT2D eigenvalue weighted by molar-refractivity contribution is 5.91.